The first-order chi connectivity index (χ1) is 9.87. The van der Waals surface area contributed by atoms with Crippen molar-refractivity contribution in [2.45, 2.75) is 26.3 Å². The first-order valence-electron chi connectivity index (χ1n) is 6.93. The summed E-state index contributed by atoms with van der Waals surface area (Å²) < 4.78 is 5.52. The average Bonchev–Trinajstić information content (AvgIpc) is 2.46. The lowest BCUT2D eigenvalue weighted by Gasteiger charge is -2.33. The standard InChI is InChI=1S/C16H20N2O3/c1-10(2)16(3,9-17)18-15(20)14-8-12(19)11-6-4-5-7-13(11)21-14/h4-8,10H,9,17H2,1-3H3,(H,18,20). The van der Waals surface area contributed by atoms with Gasteiger partial charge in [-0.2, -0.15) is 0 Å². The van der Waals surface area contributed by atoms with Crippen molar-refractivity contribution in [1.29, 1.82) is 0 Å². The van der Waals surface area contributed by atoms with Crippen molar-refractivity contribution in [3.8, 4) is 0 Å². The summed E-state index contributed by atoms with van der Waals surface area (Å²) in [6.07, 6.45) is 0. The van der Waals surface area contributed by atoms with Gasteiger partial charge in [-0.15, -0.1) is 0 Å². The number of nitrogens with two attached hydrogens (primary N) is 1. The van der Waals surface area contributed by atoms with Gasteiger partial charge in [-0.25, -0.2) is 0 Å². The molecule has 5 nitrogen and oxygen atoms in total. The molecule has 0 aliphatic carbocycles. The van der Waals surface area contributed by atoms with E-state index in [4.69, 9.17) is 10.2 Å². The number of amides is 1. The molecule has 0 fully saturated rings. The van der Waals surface area contributed by atoms with E-state index >= 15 is 0 Å². The summed E-state index contributed by atoms with van der Waals surface area (Å²) in [4.78, 5) is 24.3. The predicted octanol–water partition coefficient (Wildman–Crippen LogP) is 1.90. The van der Waals surface area contributed by atoms with E-state index in [2.05, 4.69) is 5.32 Å². The van der Waals surface area contributed by atoms with E-state index in [1.165, 1.54) is 6.07 Å². The highest BCUT2D eigenvalue weighted by molar-refractivity contribution is 5.93. The van der Waals surface area contributed by atoms with E-state index in [0.29, 0.717) is 17.5 Å². The van der Waals surface area contributed by atoms with Gasteiger partial charge < -0.3 is 15.5 Å². The van der Waals surface area contributed by atoms with Gasteiger partial charge >= 0.3 is 0 Å². The van der Waals surface area contributed by atoms with Crippen LogP contribution in [-0.2, 0) is 0 Å². The summed E-state index contributed by atoms with van der Waals surface area (Å²) in [7, 11) is 0. The summed E-state index contributed by atoms with van der Waals surface area (Å²) >= 11 is 0. The largest absolute Gasteiger partial charge is 0.451 e. The van der Waals surface area contributed by atoms with Gasteiger partial charge in [0.25, 0.3) is 5.91 Å². The quantitative estimate of drug-likeness (QED) is 0.899. The highest BCUT2D eigenvalue weighted by Gasteiger charge is 2.29. The second kappa shape index (κ2) is 5.69. The summed E-state index contributed by atoms with van der Waals surface area (Å²) in [6.45, 7) is 6.12. The Labute approximate surface area is 123 Å². The molecule has 1 aromatic carbocycles. The van der Waals surface area contributed by atoms with Gasteiger partial charge in [-0.3, -0.25) is 9.59 Å². The maximum absolute atomic E-state index is 12.3. The molecule has 0 radical (unpaired) electrons. The van der Waals surface area contributed by atoms with E-state index in [1.54, 1.807) is 24.3 Å². The Morgan fingerprint density at radius 1 is 1.38 bits per heavy atom. The van der Waals surface area contributed by atoms with Crippen LogP contribution < -0.4 is 16.5 Å². The summed E-state index contributed by atoms with van der Waals surface area (Å²) in [5, 5.41) is 3.31. The fraction of sp³-hybridized carbons (Fsp3) is 0.375. The lowest BCUT2D eigenvalue weighted by molar-refractivity contribution is 0.0855. The van der Waals surface area contributed by atoms with Crippen molar-refractivity contribution in [2.24, 2.45) is 11.7 Å². The Hall–Kier alpha value is -2.14. The van der Waals surface area contributed by atoms with Crippen LogP contribution in [0.4, 0.5) is 0 Å². The molecule has 0 bridgehead atoms. The SMILES string of the molecule is CC(C)C(C)(CN)NC(=O)c1cc(=O)c2ccccc2o1. The van der Waals surface area contributed by atoms with Gasteiger partial charge in [-0.1, -0.05) is 26.0 Å². The van der Waals surface area contributed by atoms with Crippen molar-refractivity contribution >= 4 is 16.9 Å². The van der Waals surface area contributed by atoms with E-state index in [-0.39, 0.29) is 17.1 Å². The fourth-order valence-electron chi connectivity index (χ4n) is 1.97. The third-order valence-electron chi connectivity index (χ3n) is 3.96. The molecule has 2 aromatic rings. The minimum absolute atomic E-state index is 0.000903. The van der Waals surface area contributed by atoms with E-state index in [1.807, 2.05) is 20.8 Å². The van der Waals surface area contributed by atoms with Crippen molar-refractivity contribution in [3.05, 3.63) is 46.3 Å². The molecule has 1 heterocycles. The summed E-state index contributed by atoms with van der Waals surface area (Å²) in [5.74, 6) is -0.280. The van der Waals surface area contributed by atoms with Gasteiger partial charge in [0.15, 0.2) is 11.2 Å². The van der Waals surface area contributed by atoms with Crippen molar-refractivity contribution < 1.29 is 9.21 Å². The minimum Gasteiger partial charge on any atom is -0.451 e. The number of benzene rings is 1. The molecule has 0 saturated heterocycles. The Morgan fingerprint density at radius 2 is 2.05 bits per heavy atom. The Bertz CT molecular complexity index is 721. The Kier molecular flexibility index (Phi) is 4.14. The van der Waals surface area contributed by atoms with Gasteiger partial charge in [-0.05, 0) is 25.0 Å². The molecule has 1 amide bonds. The van der Waals surface area contributed by atoms with E-state index in [9.17, 15) is 9.59 Å². The normalized spacial score (nSPS) is 14.1. The Morgan fingerprint density at radius 3 is 2.67 bits per heavy atom. The maximum atomic E-state index is 12.3. The van der Waals surface area contributed by atoms with Crippen molar-refractivity contribution in [3.63, 3.8) is 0 Å². The molecule has 0 saturated carbocycles. The van der Waals surface area contributed by atoms with Gasteiger partial charge in [0.2, 0.25) is 0 Å². The molecule has 1 unspecified atom stereocenters. The van der Waals surface area contributed by atoms with Crippen LogP contribution in [0.1, 0.15) is 31.3 Å². The lowest BCUT2D eigenvalue weighted by Crippen LogP contribution is -2.55. The number of hydrogen-bond acceptors (Lipinski definition) is 4. The minimum atomic E-state index is -0.554. The number of para-hydroxylation sites is 1. The number of rotatable bonds is 4. The van der Waals surface area contributed by atoms with E-state index < -0.39 is 11.4 Å². The highest BCUT2D eigenvalue weighted by Crippen LogP contribution is 2.17. The molecule has 1 aromatic heterocycles. The van der Waals surface area contributed by atoms with Crippen LogP contribution in [-0.4, -0.2) is 18.0 Å². The molecular formula is C16H20N2O3. The molecule has 3 N–H and O–H groups in total. The molecule has 112 valence electrons. The molecule has 0 aliphatic rings. The zero-order chi connectivity index (χ0) is 15.6. The lowest BCUT2D eigenvalue weighted by atomic mass is 9.88. The molecular weight excluding hydrogens is 268 g/mol. The fourth-order valence-corrected chi connectivity index (χ4v) is 1.97. The smallest absolute Gasteiger partial charge is 0.287 e. The van der Waals surface area contributed by atoms with E-state index in [0.717, 1.165) is 0 Å². The summed E-state index contributed by atoms with van der Waals surface area (Å²) in [6, 6.07) is 8.06. The number of carbonyl (C=O) groups excluding carboxylic acids is 1. The second-order valence-corrected chi connectivity index (χ2v) is 5.70. The predicted molar refractivity (Wildman–Crippen MR) is 82.2 cm³/mol. The number of nitrogens with one attached hydrogen (secondary N) is 1. The molecule has 2 rings (SSSR count). The number of fused-ring (bicyclic) bond motifs is 1. The van der Waals surface area contributed by atoms with Crippen LogP contribution in [0.25, 0.3) is 11.0 Å². The zero-order valence-corrected chi connectivity index (χ0v) is 12.5. The third-order valence-corrected chi connectivity index (χ3v) is 3.96. The zero-order valence-electron chi connectivity index (χ0n) is 12.5. The second-order valence-electron chi connectivity index (χ2n) is 5.70. The van der Waals surface area contributed by atoms with Crippen molar-refractivity contribution in [2.75, 3.05) is 6.54 Å². The molecule has 5 heteroatoms. The third kappa shape index (κ3) is 2.97. The van der Waals surface area contributed by atoms with Crippen LogP contribution in [0.3, 0.4) is 0 Å². The van der Waals surface area contributed by atoms with Crippen LogP contribution in [0.2, 0.25) is 0 Å². The van der Waals surface area contributed by atoms with Crippen molar-refractivity contribution in [1.82, 2.24) is 5.32 Å². The highest BCUT2D eigenvalue weighted by atomic mass is 16.3. The van der Waals surface area contributed by atoms with Crippen LogP contribution in [0, 0.1) is 5.92 Å². The monoisotopic (exact) mass is 288 g/mol. The Balaban J connectivity index is 2.38. The number of hydrogen-bond donors (Lipinski definition) is 2. The van der Waals surface area contributed by atoms with Gasteiger partial charge in [0, 0.05) is 12.6 Å². The average molecular weight is 288 g/mol. The van der Waals surface area contributed by atoms with Crippen LogP contribution in [0.15, 0.2) is 39.5 Å². The maximum Gasteiger partial charge on any atom is 0.287 e. The molecule has 0 spiro atoms. The molecule has 21 heavy (non-hydrogen) atoms. The first kappa shape index (κ1) is 15.3. The van der Waals surface area contributed by atoms with Gasteiger partial charge in [0.05, 0.1) is 10.9 Å². The molecule has 1 atom stereocenters. The first-order valence-corrected chi connectivity index (χ1v) is 6.93. The van der Waals surface area contributed by atoms with Gasteiger partial charge in [0.1, 0.15) is 5.58 Å². The van der Waals surface area contributed by atoms with Crippen LogP contribution in [0.5, 0.6) is 0 Å². The topological polar surface area (TPSA) is 85.3 Å². The summed E-state index contributed by atoms with van der Waals surface area (Å²) in [5.41, 5.74) is 5.36. The van der Waals surface area contributed by atoms with Crippen LogP contribution >= 0.6 is 0 Å². The molecule has 0 aliphatic heterocycles. The number of carbonyl (C=O) groups is 1.